The molecule has 2 atom stereocenters. The van der Waals surface area contributed by atoms with Crippen LogP contribution >= 0.6 is 7.60 Å². The van der Waals surface area contributed by atoms with Gasteiger partial charge in [0.15, 0.2) is 5.85 Å². The van der Waals surface area contributed by atoms with Crippen molar-refractivity contribution in [2.75, 3.05) is 19.8 Å². The van der Waals surface area contributed by atoms with Crippen LogP contribution in [0, 0.1) is 0 Å². The van der Waals surface area contributed by atoms with Gasteiger partial charge in [0.1, 0.15) is 6.10 Å². The molecule has 0 aliphatic rings. The minimum Gasteiger partial charge on any atom is -0.394 e. The van der Waals surface area contributed by atoms with Crippen LogP contribution in [0.2, 0.25) is 0 Å². The number of hydrogen-bond acceptors (Lipinski definition) is 6. The van der Waals surface area contributed by atoms with Gasteiger partial charge in [0, 0.05) is 0 Å². The summed E-state index contributed by atoms with van der Waals surface area (Å²) in [5, 5.41) is 27.0. The predicted octanol–water partition coefficient (Wildman–Crippen LogP) is -0.0759. The Morgan fingerprint density at radius 2 is 1.64 bits per heavy atom. The summed E-state index contributed by atoms with van der Waals surface area (Å²) in [4.78, 5) is 0. The first kappa shape index (κ1) is 14.0. The molecule has 0 saturated heterocycles. The molecule has 0 radical (unpaired) electrons. The molecule has 0 aromatic heterocycles. The number of hydrogen-bond donors (Lipinski definition) is 3. The van der Waals surface area contributed by atoms with Crippen molar-refractivity contribution in [1.29, 1.82) is 0 Å². The first-order valence-corrected chi connectivity index (χ1v) is 5.98. The number of aliphatic hydroxyl groups excluding tert-OH is 3. The van der Waals surface area contributed by atoms with Gasteiger partial charge in [-0.25, -0.2) is 0 Å². The van der Waals surface area contributed by atoms with E-state index in [0.717, 1.165) is 0 Å². The fourth-order valence-corrected chi connectivity index (χ4v) is 2.47. The summed E-state index contributed by atoms with van der Waals surface area (Å²) in [5.74, 6) is -1.72. The molecule has 86 valence electrons. The molecule has 0 bridgehead atoms. The van der Waals surface area contributed by atoms with Crippen molar-refractivity contribution >= 4 is 7.60 Å². The van der Waals surface area contributed by atoms with Gasteiger partial charge in [-0.05, 0) is 13.8 Å². The van der Waals surface area contributed by atoms with Crippen molar-refractivity contribution in [2.45, 2.75) is 25.8 Å². The van der Waals surface area contributed by atoms with Crippen molar-refractivity contribution < 1.29 is 28.9 Å². The zero-order valence-electron chi connectivity index (χ0n) is 8.29. The maximum atomic E-state index is 11.7. The second-order valence-electron chi connectivity index (χ2n) is 2.54. The molecule has 0 spiro atoms. The lowest BCUT2D eigenvalue weighted by molar-refractivity contribution is 0.00660. The summed E-state index contributed by atoms with van der Waals surface area (Å²) in [5.41, 5.74) is 0. The Hall–Kier alpha value is 0.0300. The second kappa shape index (κ2) is 6.50. The standard InChI is InChI=1S/C7H17O6P/c1-3-12-14(11,13-4-2)7(10)6(9)5-8/h6-10H,3-5H2,1-2H3/t6-,7+/m1/s1. The van der Waals surface area contributed by atoms with Gasteiger partial charge >= 0.3 is 7.60 Å². The Labute approximate surface area is 83.0 Å². The van der Waals surface area contributed by atoms with E-state index in [9.17, 15) is 9.67 Å². The van der Waals surface area contributed by atoms with Crippen molar-refractivity contribution in [3.8, 4) is 0 Å². The lowest BCUT2D eigenvalue weighted by Gasteiger charge is -2.24. The summed E-state index contributed by atoms with van der Waals surface area (Å²) < 4.78 is 21.3. The molecule has 0 unspecified atom stereocenters. The van der Waals surface area contributed by atoms with Gasteiger partial charge < -0.3 is 24.4 Å². The summed E-state index contributed by atoms with van der Waals surface area (Å²) in [6, 6.07) is 0. The summed E-state index contributed by atoms with van der Waals surface area (Å²) in [6.45, 7) is 2.65. The maximum Gasteiger partial charge on any atom is 0.361 e. The lowest BCUT2D eigenvalue weighted by atomic mass is 10.4. The lowest BCUT2D eigenvalue weighted by Crippen LogP contribution is -2.30. The van der Waals surface area contributed by atoms with E-state index in [-0.39, 0.29) is 13.2 Å². The van der Waals surface area contributed by atoms with E-state index in [1.165, 1.54) is 0 Å². The maximum absolute atomic E-state index is 11.7. The molecule has 6 nitrogen and oxygen atoms in total. The molecule has 0 aromatic carbocycles. The van der Waals surface area contributed by atoms with E-state index < -0.39 is 26.2 Å². The molecule has 0 aliphatic carbocycles. The number of rotatable bonds is 7. The Bertz CT molecular complexity index is 187. The Kier molecular flexibility index (Phi) is 6.52. The van der Waals surface area contributed by atoms with Crippen LogP contribution in [0.25, 0.3) is 0 Å². The second-order valence-corrected chi connectivity index (χ2v) is 4.66. The smallest absolute Gasteiger partial charge is 0.361 e. The topological polar surface area (TPSA) is 96.2 Å². The fraction of sp³-hybridized carbons (Fsp3) is 1.00. The van der Waals surface area contributed by atoms with E-state index in [2.05, 4.69) is 0 Å². The average Bonchev–Trinajstić information content (AvgIpc) is 2.16. The molecule has 0 aliphatic heterocycles. The van der Waals surface area contributed by atoms with Crippen molar-refractivity contribution in [1.82, 2.24) is 0 Å². The predicted molar refractivity (Wildman–Crippen MR) is 50.0 cm³/mol. The largest absolute Gasteiger partial charge is 0.394 e. The molecule has 7 heteroatoms. The van der Waals surface area contributed by atoms with E-state index in [0.29, 0.717) is 0 Å². The monoisotopic (exact) mass is 228 g/mol. The zero-order chi connectivity index (χ0) is 11.2. The zero-order valence-corrected chi connectivity index (χ0v) is 9.18. The van der Waals surface area contributed by atoms with Crippen LogP contribution in [-0.4, -0.2) is 47.1 Å². The van der Waals surface area contributed by atoms with Crippen LogP contribution in [-0.2, 0) is 13.6 Å². The van der Waals surface area contributed by atoms with Crippen LogP contribution in [0.3, 0.4) is 0 Å². The summed E-state index contributed by atoms with van der Waals surface area (Å²) in [6.07, 6.45) is -1.53. The normalized spacial score (nSPS) is 16.6. The highest BCUT2D eigenvalue weighted by Crippen LogP contribution is 2.52. The van der Waals surface area contributed by atoms with Crippen LogP contribution in [0.15, 0.2) is 0 Å². The van der Waals surface area contributed by atoms with Gasteiger partial charge in [-0.3, -0.25) is 4.57 Å². The minimum atomic E-state index is -3.74. The summed E-state index contributed by atoms with van der Waals surface area (Å²) in [7, 11) is -3.74. The van der Waals surface area contributed by atoms with Crippen molar-refractivity contribution in [2.24, 2.45) is 0 Å². The molecule has 0 heterocycles. The number of aliphatic hydroxyl groups is 3. The van der Waals surface area contributed by atoms with E-state index in [1.807, 2.05) is 0 Å². The Morgan fingerprint density at radius 1 is 1.21 bits per heavy atom. The Balaban J connectivity index is 4.54. The highest BCUT2D eigenvalue weighted by atomic mass is 31.2. The van der Waals surface area contributed by atoms with Crippen LogP contribution in [0.5, 0.6) is 0 Å². The molecule has 0 rings (SSSR count). The fourth-order valence-electron chi connectivity index (χ4n) is 0.855. The molecule has 0 aromatic rings. The van der Waals surface area contributed by atoms with Crippen molar-refractivity contribution in [3.05, 3.63) is 0 Å². The van der Waals surface area contributed by atoms with E-state index >= 15 is 0 Å². The minimum absolute atomic E-state index is 0.0898. The first-order valence-electron chi connectivity index (χ1n) is 4.37. The molecule has 0 amide bonds. The SMILES string of the molecule is CCOP(=O)(OCC)[C@H](O)[C@H](O)CO. The third-order valence-electron chi connectivity index (χ3n) is 1.47. The molecule has 3 N–H and O–H groups in total. The third kappa shape index (κ3) is 3.65. The quantitative estimate of drug-likeness (QED) is 0.527. The Morgan fingerprint density at radius 3 is 1.93 bits per heavy atom. The van der Waals surface area contributed by atoms with Gasteiger partial charge in [0.25, 0.3) is 0 Å². The van der Waals surface area contributed by atoms with E-state index in [4.69, 9.17) is 19.3 Å². The van der Waals surface area contributed by atoms with Gasteiger partial charge in [0.05, 0.1) is 19.8 Å². The van der Waals surface area contributed by atoms with Crippen molar-refractivity contribution in [3.63, 3.8) is 0 Å². The first-order chi connectivity index (χ1) is 6.51. The van der Waals surface area contributed by atoms with Gasteiger partial charge in [-0.2, -0.15) is 0 Å². The van der Waals surface area contributed by atoms with Gasteiger partial charge in [-0.15, -0.1) is 0 Å². The van der Waals surface area contributed by atoms with Gasteiger partial charge in [-0.1, -0.05) is 0 Å². The van der Waals surface area contributed by atoms with Gasteiger partial charge in [0.2, 0.25) is 0 Å². The highest BCUT2D eigenvalue weighted by Gasteiger charge is 2.38. The van der Waals surface area contributed by atoms with Crippen LogP contribution in [0.1, 0.15) is 13.8 Å². The van der Waals surface area contributed by atoms with Crippen LogP contribution < -0.4 is 0 Å². The third-order valence-corrected chi connectivity index (χ3v) is 3.70. The average molecular weight is 228 g/mol. The molecule has 14 heavy (non-hydrogen) atoms. The molecule has 0 saturated carbocycles. The van der Waals surface area contributed by atoms with Crippen LogP contribution in [0.4, 0.5) is 0 Å². The highest BCUT2D eigenvalue weighted by molar-refractivity contribution is 7.54. The molecular formula is C7H17O6P. The summed E-state index contributed by atoms with van der Waals surface area (Å²) >= 11 is 0. The molecular weight excluding hydrogens is 211 g/mol. The van der Waals surface area contributed by atoms with E-state index in [1.54, 1.807) is 13.8 Å². The molecule has 0 fully saturated rings.